The lowest BCUT2D eigenvalue weighted by Gasteiger charge is -2.24. The van der Waals surface area contributed by atoms with Crippen molar-refractivity contribution in [3.8, 4) is 0 Å². The van der Waals surface area contributed by atoms with Gasteiger partial charge in [-0.05, 0) is 39.4 Å². The molecule has 2 atom stereocenters. The molecule has 2 saturated heterocycles. The maximum atomic E-state index is 12.2. The number of hydrogen-bond donors (Lipinski definition) is 1. The van der Waals surface area contributed by atoms with E-state index in [2.05, 4.69) is 17.3 Å². The van der Waals surface area contributed by atoms with Crippen molar-refractivity contribution in [3.63, 3.8) is 0 Å². The van der Waals surface area contributed by atoms with Crippen molar-refractivity contribution in [2.24, 2.45) is 5.92 Å². The van der Waals surface area contributed by atoms with E-state index in [4.69, 9.17) is 0 Å². The first kappa shape index (κ1) is 11.9. The van der Waals surface area contributed by atoms with Crippen LogP contribution in [0.1, 0.15) is 19.3 Å². The van der Waals surface area contributed by atoms with Crippen LogP contribution in [0, 0.1) is 5.92 Å². The molecule has 92 valence electrons. The molecule has 1 amide bonds. The number of likely N-dealkylation sites (tertiary alicyclic amines) is 1. The molecule has 0 aromatic rings. The van der Waals surface area contributed by atoms with Crippen molar-refractivity contribution in [3.05, 3.63) is 0 Å². The number of carbonyl (C=O) groups is 1. The van der Waals surface area contributed by atoms with Gasteiger partial charge in [0.05, 0.1) is 5.92 Å². The molecular formula is C12H23N3O. The van der Waals surface area contributed by atoms with E-state index in [0.29, 0.717) is 11.9 Å². The third kappa shape index (κ3) is 2.74. The average molecular weight is 225 g/mol. The van der Waals surface area contributed by atoms with Crippen LogP contribution in [-0.2, 0) is 4.79 Å². The fourth-order valence-electron chi connectivity index (χ4n) is 2.78. The number of likely N-dealkylation sites (N-methyl/N-ethyl adjacent to an activating group) is 1. The molecule has 4 heteroatoms. The third-order valence-electron chi connectivity index (χ3n) is 3.77. The summed E-state index contributed by atoms with van der Waals surface area (Å²) < 4.78 is 0. The molecule has 0 saturated carbocycles. The fourth-order valence-corrected chi connectivity index (χ4v) is 2.78. The van der Waals surface area contributed by atoms with Gasteiger partial charge < -0.3 is 15.1 Å². The maximum absolute atomic E-state index is 12.2. The lowest BCUT2D eigenvalue weighted by Crippen LogP contribution is -2.41. The number of nitrogens with zero attached hydrogens (tertiary/aromatic N) is 2. The molecule has 0 bridgehead atoms. The summed E-state index contributed by atoms with van der Waals surface area (Å²) in [6, 6.07) is 0.521. The molecule has 4 nitrogen and oxygen atoms in total. The zero-order valence-electron chi connectivity index (χ0n) is 10.4. The maximum Gasteiger partial charge on any atom is 0.226 e. The van der Waals surface area contributed by atoms with Gasteiger partial charge in [-0.3, -0.25) is 4.79 Å². The minimum Gasteiger partial charge on any atom is -0.344 e. The second-order valence-corrected chi connectivity index (χ2v) is 5.26. The molecule has 2 unspecified atom stereocenters. The highest BCUT2D eigenvalue weighted by Crippen LogP contribution is 2.17. The van der Waals surface area contributed by atoms with Crippen LogP contribution in [0.15, 0.2) is 0 Å². The number of hydrogen-bond acceptors (Lipinski definition) is 3. The molecule has 1 N–H and O–H groups in total. The van der Waals surface area contributed by atoms with Crippen LogP contribution in [0.2, 0.25) is 0 Å². The van der Waals surface area contributed by atoms with Crippen molar-refractivity contribution in [2.75, 3.05) is 40.3 Å². The van der Waals surface area contributed by atoms with Gasteiger partial charge in [-0.2, -0.15) is 0 Å². The van der Waals surface area contributed by atoms with Gasteiger partial charge >= 0.3 is 0 Å². The Hall–Kier alpha value is -0.610. The molecule has 2 aliphatic rings. The highest BCUT2D eigenvalue weighted by molar-refractivity contribution is 5.79. The highest BCUT2D eigenvalue weighted by Gasteiger charge is 2.29. The summed E-state index contributed by atoms with van der Waals surface area (Å²) in [6.07, 6.45) is 3.48. The van der Waals surface area contributed by atoms with Crippen LogP contribution in [-0.4, -0.2) is 62.0 Å². The molecule has 2 fully saturated rings. The number of rotatable bonds is 3. The normalized spacial score (nSPS) is 30.9. The molecule has 0 radical (unpaired) electrons. The molecule has 0 aliphatic carbocycles. The van der Waals surface area contributed by atoms with E-state index in [1.807, 2.05) is 11.9 Å². The largest absolute Gasteiger partial charge is 0.344 e. The lowest BCUT2D eigenvalue weighted by atomic mass is 10.1. The Labute approximate surface area is 98.0 Å². The van der Waals surface area contributed by atoms with E-state index in [9.17, 15) is 4.79 Å². The third-order valence-corrected chi connectivity index (χ3v) is 3.77. The predicted molar refractivity (Wildman–Crippen MR) is 64.3 cm³/mol. The van der Waals surface area contributed by atoms with Gasteiger partial charge in [0.25, 0.3) is 0 Å². The smallest absolute Gasteiger partial charge is 0.226 e. The summed E-state index contributed by atoms with van der Waals surface area (Å²) in [5.41, 5.74) is 0. The SMILES string of the molecule is CN1CCC(C(=O)N(C)CC2CCCN2)C1. The summed E-state index contributed by atoms with van der Waals surface area (Å²) in [6.45, 7) is 3.98. The molecule has 0 spiro atoms. The first-order valence-corrected chi connectivity index (χ1v) is 6.33. The minimum atomic E-state index is 0.233. The van der Waals surface area contributed by atoms with Crippen LogP contribution < -0.4 is 5.32 Å². The van der Waals surface area contributed by atoms with E-state index < -0.39 is 0 Å². The van der Waals surface area contributed by atoms with E-state index in [-0.39, 0.29) is 5.92 Å². The van der Waals surface area contributed by atoms with E-state index in [0.717, 1.165) is 32.6 Å². The Bertz CT molecular complexity index is 251. The first-order chi connectivity index (χ1) is 7.66. The van der Waals surface area contributed by atoms with Crippen LogP contribution in [0.4, 0.5) is 0 Å². The summed E-state index contributed by atoms with van der Waals surface area (Å²) in [5, 5.41) is 3.44. The number of carbonyl (C=O) groups excluding carboxylic acids is 1. The summed E-state index contributed by atoms with van der Waals surface area (Å²) in [7, 11) is 4.03. The number of amides is 1. The van der Waals surface area contributed by atoms with Crippen molar-refractivity contribution in [1.82, 2.24) is 15.1 Å². The molecule has 2 rings (SSSR count). The summed E-state index contributed by atoms with van der Waals surface area (Å²) in [4.78, 5) is 16.3. The van der Waals surface area contributed by atoms with E-state index in [1.54, 1.807) is 0 Å². The zero-order chi connectivity index (χ0) is 11.5. The fraction of sp³-hybridized carbons (Fsp3) is 0.917. The van der Waals surface area contributed by atoms with E-state index >= 15 is 0 Å². The first-order valence-electron chi connectivity index (χ1n) is 6.33. The molecule has 16 heavy (non-hydrogen) atoms. The van der Waals surface area contributed by atoms with Crippen LogP contribution >= 0.6 is 0 Å². The van der Waals surface area contributed by atoms with Gasteiger partial charge in [-0.1, -0.05) is 0 Å². The van der Waals surface area contributed by atoms with Crippen LogP contribution in [0.25, 0.3) is 0 Å². The van der Waals surface area contributed by atoms with Gasteiger partial charge in [0.15, 0.2) is 0 Å². The van der Waals surface area contributed by atoms with Crippen molar-refractivity contribution in [1.29, 1.82) is 0 Å². The number of nitrogens with one attached hydrogen (secondary N) is 1. The van der Waals surface area contributed by atoms with E-state index in [1.165, 1.54) is 12.8 Å². The molecule has 2 heterocycles. The van der Waals surface area contributed by atoms with Crippen molar-refractivity contribution in [2.45, 2.75) is 25.3 Å². The second kappa shape index (κ2) is 5.15. The van der Waals surface area contributed by atoms with Gasteiger partial charge in [-0.25, -0.2) is 0 Å². The Balaban J connectivity index is 1.79. The minimum absolute atomic E-state index is 0.233. The molecule has 0 aromatic carbocycles. The van der Waals surface area contributed by atoms with Gasteiger partial charge in [0, 0.05) is 26.2 Å². The van der Waals surface area contributed by atoms with Crippen molar-refractivity contribution >= 4 is 5.91 Å². The topological polar surface area (TPSA) is 35.6 Å². The monoisotopic (exact) mass is 225 g/mol. The molecular weight excluding hydrogens is 202 g/mol. The lowest BCUT2D eigenvalue weighted by molar-refractivity contribution is -0.134. The quantitative estimate of drug-likeness (QED) is 0.742. The summed E-state index contributed by atoms with van der Waals surface area (Å²) >= 11 is 0. The van der Waals surface area contributed by atoms with Gasteiger partial charge in [0.1, 0.15) is 0 Å². The predicted octanol–water partition coefficient (Wildman–Crippen LogP) is 0.149. The summed E-state index contributed by atoms with van der Waals surface area (Å²) in [5.74, 6) is 0.564. The average Bonchev–Trinajstić information content (AvgIpc) is 2.88. The zero-order valence-corrected chi connectivity index (χ0v) is 10.4. The standard InChI is InChI=1S/C12H23N3O/c1-14-7-5-10(8-14)12(16)15(2)9-11-4-3-6-13-11/h10-11,13H,3-9H2,1-2H3. The van der Waals surface area contributed by atoms with Gasteiger partial charge in [0.2, 0.25) is 5.91 Å². The Morgan fingerprint density at radius 2 is 2.31 bits per heavy atom. The second-order valence-electron chi connectivity index (χ2n) is 5.26. The molecule has 2 aliphatic heterocycles. The van der Waals surface area contributed by atoms with Crippen LogP contribution in [0.5, 0.6) is 0 Å². The Kier molecular flexibility index (Phi) is 3.82. The van der Waals surface area contributed by atoms with Gasteiger partial charge in [-0.15, -0.1) is 0 Å². The Morgan fingerprint density at radius 3 is 2.88 bits per heavy atom. The Morgan fingerprint density at radius 1 is 1.50 bits per heavy atom. The highest BCUT2D eigenvalue weighted by atomic mass is 16.2. The molecule has 0 aromatic heterocycles. The van der Waals surface area contributed by atoms with Crippen LogP contribution in [0.3, 0.4) is 0 Å². The van der Waals surface area contributed by atoms with Crippen molar-refractivity contribution < 1.29 is 4.79 Å².